The van der Waals surface area contributed by atoms with Crippen LogP contribution in [0.15, 0.2) is 0 Å². The van der Waals surface area contributed by atoms with Crippen molar-refractivity contribution in [1.82, 2.24) is 5.32 Å². The van der Waals surface area contributed by atoms with E-state index in [1.54, 1.807) is 0 Å². The summed E-state index contributed by atoms with van der Waals surface area (Å²) in [5.74, 6) is 0. The van der Waals surface area contributed by atoms with Gasteiger partial charge in [0, 0.05) is 6.54 Å². The third kappa shape index (κ3) is 12.4. The van der Waals surface area contributed by atoms with Gasteiger partial charge in [-0.25, -0.2) is 0 Å². The fourth-order valence-electron chi connectivity index (χ4n) is 0.372. The summed E-state index contributed by atoms with van der Waals surface area (Å²) in [7, 11) is 0. The van der Waals surface area contributed by atoms with E-state index in [-0.39, 0.29) is 29.6 Å². The molecule has 0 amide bonds. The Balaban J connectivity index is 0. The minimum absolute atomic E-state index is 0. The summed E-state index contributed by atoms with van der Waals surface area (Å²) < 4.78 is 0.596. The molecule has 0 aromatic carbocycles. The molecular weight excluding hydrogens is 161 g/mol. The van der Waals surface area contributed by atoms with Gasteiger partial charge in [0.25, 0.3) is 0 Å². The molecule has 0 heterocycles. The third-order valence-corrected chi connectivity index (χ3v) is 1.11. The molecule has 0 radical (unpaired) electrons. The van der Waals surface area contributed by atoms with E-state index in [9.17, 15) is 0 Å². The molecule has 1 nitrogen and oxygen atoms in total. The van der Waals surface area contributed by atoms with Crippen LogP contribution in [0.3, 0.4) is 0 Å². The normalized spacial score (nSPS) is 7.78. The quantitative estimate of drug-likeness (QED) is 0.235. The number of hydrogen-bond acceptors (Lipinski definition) is 1. The van der Waals surface area contributed by atoms with Gasteiger partial charge < -0.3 is 5.32 Å². The second-order valence-electron chi connectivity index (χ2n) is 1.59. The van der Waals surface area contributed by atoms with Gasteiger partial charge in [0.05, 0.1) is 0 Å². The van der Waals surface area contributed by atoms with E-state index in [4.69, 9.17) is 0 Å². The molecule has 0 saturated heterocycles. The van der Waals surface area contributed by atoms with Crippen LogP contribution in [-0.2, 0) is 0 Å². The Kier molecular flexibility index (Phi) is 13.2. The first-order chi connectivity index (χ1) is 3.77. The van der Waals surface area contributed by atoms with Crippen LogP contribution >= 0.6 is 24.8 Å². The molecule has 4 heteroatoms. The van der Waals surface area contributed by atoms with Gasteiger partial charge in [-0.3, -0.25) is 0 Å². The molecule has 0 fully saturated rings. The Morgan fingerprint density at radius 1 is 1.67 bits per heavy atom. The molecule has 9 heavy (non-hydrogen) atoms. The molecule has 0 bridgehead atoms. The number of rotatable bonds is 3. The molecule has 0 spiro atoms. The first-order valence-corrected chi connectivity index (χ1v) is 3.59. The third-order valence-electron chi connectivity index (χ3n) is 0.807. The number of hydrogen-bond donors (Lipinski definition) is 2. The van der Waals surface area contributed by atoms with Crippen LogP contribution in [0, 0.1) is 0 Å². The Labute approximate surface area is 89.7 Å². The van der Waals surface area contributed by atoms with E-state index in [0.717, 1.165) is 6.54 Å². The van der Waals surface area contributed by atoms with Gasteiger partial charge in [0.1, 0.15) is 4.32 Å². The molecule has 0 aromatic heterocycles. The summed E-state index contributed by atoms with van der Waals surface area (Å²) >= 11 is 8.55. The van der Waals surface area contributed by atoms with Crippen LogP contribution in [0.25, 0.3) is 0 Å². The maximum absolute atomic E-state index is 4.66. The van der Waals surface area contributed by atoms with E-state index in [2.05, 4.69) is 37.1 Å². The molecular formula is C5H11NNaS2+. The molecule has 1 N–H and O–H groups in total. The van der Waals surface area contributed by atoms with Crippen molar-refractivity contribution in [2.75, 3.05) is 6.54 Å². The molecule has 0 saturated carbocycles. The van der Waals surface area contributed by atoms with Gasteiger partial charge >= 0.3 is 29.6 Å². The van der Waals surface area contributed by atoms with Gasteiger partial charge in [-0.2, -0.15) is 0 Å². The van der Waals surface area contributed by atoms with Gasteiger partial charge in [-0.05, 0) is 6.42 Å². The molecule has 0 unspecified atom stereocenters. The summed E-state index contributed by atoms with van der Waals surface area (Å²) in [6.45, 7) is 3.10. The largest absolute Gasteiger partial charge is 1.00 e. The maximum Gasteiger partial charge on any atom is 1.00 e. The second-order valence-corrected chi connectivity index (χ2v) is 2.74. The molecule has 0 atom stereocenters. The van der Waals surface area contributed by atoms with Gasteiger partial charge in [-0.15, -0.1) is 12.6 Å². The average Bonchev–Trinajstić information content (AvgIpc) is 1.66. The fourth-order valence-corrected chi connectivity index (χ4v) is 0.586. The van der Waals surface area contributed by atoms with Gasteiger partial charge in [0.15, 0.2) is 0 Å². The number of unbranched alkanes of at least 4 members (excludes halogenated alkanes) is 1. The summed E-state index contributed by atoms with van der Waals surface area (Å²) in [5.41, 5.74) is 0. The van der Waals surface area contributed by atoms with Crippen LogP contribution in [-0.4, -0.2) is 10.9 Å². The van der Waals surface area contributed by atoms with Crippen LogP contribution in [0.2, 0.25) is 0 Å². The minimum Gasteiger partial charge on any atom is -0.371 e. The smallest absolute Gasteiger partial charge is 0.371 e. The predicted molar refractivity (Wildman–Crippen MR) is 44.5 cm³/mol. The van der Waals surface area contributed by atoms with E-state index < -0.39 is 0 Å². The summed E-state index contributed by atoms with van der Waals surface area (Å²) in [6.07, 6.45) is 2.37. The zero-order chi connectivity index (χ0) is 6.41. The number of nitrogens with one attached hydrogen (secondary N) is 1. The first kappa shape index (κ1) is 12.9. The molecule has 48 valence electrons. The SMILES string of the molecule is CCCCNC(=S)S.[Na+]. The molecule has 0 aliphatic rings. The van der Waals surface area contributed by atoms with Gasteiger partial charge in [-0.1, -0.05) is 25.6 Å². The molecule has 0 aliphatic heterocycles. The van der Waals surface area contributed by atoms with E-state index in [1.165, 1.54) is 12.8 Å². The Morgan fingerprint density at radius 3 is 2.56 bits per heavy atom. The molecule has 0 aromatic rings. The topological polar surface area (TPSA) is 12.0 Å². The Morgan fingerprint density at radius 2 is 2.22 bits per heavy atom. The number of thiol groups is 1. The molecule has 0 rings (SSSR count). The van der Waals surface area contributed by atoms with Gasteiger partial charge in [0.2, 0.25) is 0 Å². The summed E-state index contributed by atoms with van der Waals surface area (Å²) in [5, 5.41) is 2.94. The predicted octanol–water partition coefficient (Wildman–Crippen LogP) is -1.41. The van der Waals surface area contributed by atoms with Crippen LogP contribution in [0.5, 0.6) is 0 Å². The maximum atomic E-state index is 4.66. The van der Waals surface area contributed by atoms with Crippen LogP contribution < -0.4 is 34.9 Å². The van der Waals surface area contributed by atoms with Crippen molar-refractivity contribution in [3.8, 4) is 0 Å². The van der Waals surface area contributed by atoms with Crippen molar-refractivity contribution >= 4 is 29.2 Å². The number of thiocarbonyl (C=S) groups is 1. The van der Waals surface area contributed by atoms with E-state index in [0.29, 0.717) is 4.32 Å². The van der Waals surface area contributed by atoms with Crippen molar-refractivity contribution in [3.63, 3.8) is 0 Å². The Bertz CT molecular complexity index is 77.4. The van der Waals surface area contributed by atoms with E-state index in [1.807, 2.05) is 0 Å². The standard InChI is InChI=1S/C5H11NS2.Na/c1-2-3-4-6-5(7)8;/h2-4H2,1H3,(H2,6,7,8);/q;+1. The van der Waals surface area contributed by atoms with Crippen molar-refractivity contribution in [2.24, 2.45) is 0 Å². The summed E-state index contributed by atoms with van der Waals surface area (Å²) in [4.78, 5) is 0. The zero-order valence-electron chi connectivity index (χ0n) is 5.98. The summed E-state index contributed by atoms with van der Waals surface area (Å²) in [6, 6.07) is 0. The average molecular weight is 172 g/mol. The molecule has 0 aliphatic carbocycles. The minimum atomic E-state index is 0. The second kappa shape index (κ2) is 9.24. The Hall–Kier alpha value is 1.24. The van der Waals surface area contributed by atoms with Crippen molar-refractivity contribution < 1.29 is 29.6 Å². The van der Waals surface area contributed by atoms with Crippen molar-refractivity contribution in [3.05, 3.63) is 0 Å². The zero-order valence-corrected chi connectivity index (χ0v) is 9.69. The van der Waals surface area contributed by atoms with Crippen LogP contribution in [0.4, 0.5) is 0 Å². The fraction of sp³-hybridized carbons (Fsp3) is 0.800. The van der Waals surface area contributed by atoms with Crippen molar-refractivity contribution in [1.29, 1.82) is 0 Å². The monoisotopic (exact) mass is 172 g/mol. The van der Waals surface area contributed by atoms with Crippen LogP contribution in [0.1, 0.15) is 19.8 Å². The van der Waals surface area contributed by atoms with E-state index >= 15 is 0 Å². The van der Waals surface area contributed by atoms with Crippen molar-refractivity contribution in [2.45, 2.75) is 19.8 Å². The first-order valence-electron chi connectivity index (χ1n) is 2.74.